The van der Waals surface area contributed by atoms with Crippen molar-refractivity contribution < 1.29 is 5.11 Å². The molecular formula is C16H20ClNO. The Balaban J connectivity index is 0.00000180. The number of hydrogen-bond acceptors (Lipinski definition) is 2. The maximum absolute atomic E-state index is 9.98. The van der Waals surface area contributed by atoms with Crippen molar-refractivity contribution in [3.63, 3.8) is 0 Å². The summed E-state index contributed by atoms with van der Waals surface area (Å²) in [4.78, 5) is 0. The van der Waals surface area contributed by atoms with Gasteiger partial charge in [0.2, 0.25) is 0 Å². The van der Waals surface area contributed by atoms with E-state index < -0.39 is 0 Å². The van der Waals surface area contributed by atoms with Crippen molar-refractivity contribution in [2.45, 2.75) is 26.9 Å². The zero-order valence-corrected chi connectivity index (χ0v) is 12.1. The molecule has 2 rings (SSSR count). The topological polar surface area (TPSA) is 32.3 Å². The van der Waals surface area contributed by atoms with Gasteiger partial charge in [-0.05, 0) is 25.0 Å². The number of nitrogens with one attached hydrogen (secondary N) is 1. The second-order valence-corrected chi connectivity index (χ2v) is 4.68. The molecule has 0 saturated carbocycles. The standard InChI is InChI=1S/C16H19NO.ClH/c1-12-8-13(2)16(18)15(9-12)11-17-10-14-6-4-3-5-7-14;/h3-9,17-18H,10-11H2,1-2H3;1H. The third-order valence-corrected chi connectivity index (χ3v) is 3.01. The van der Waals surface area contributed by atoms with Crippen LogP contribution in [0.3, 0.4) is 0 Å². The number of phenols is 1. The van der Waals surface area contributed by atoms with E-state index in [4.69, 9.17) is 0 Å². The average Bonchev–Trinajstić information content (AvgIpc) is 2.36. The normalized spacial score (nSPS) is 10.0. The number of halogens is 1. The van der Waals surface area contributed by atoms with Crippen LogP contribution in [0.1, 0.15) is 22.3 Å². The summed E-state index contributed by atoms with van der Waals surface area (Å²) in [6, 6.07) is 14.3. The SMILES string of the molecule is Cc1cc(C)c(O)c(CNCc2ccccc2)c1.Cl. The Morgan fingerprint density at radius 3 is 2.37 bits per heavy atom. The summed E-state index contributed by atoms with van der Waals surface area (Å²) >= 11 is 0. The van der Waals surface area contributed by atoms with E-state index in [0.717, 1.165) is 17.7 Å². The van der Waals surface area contributed by atoms with Gasteiger partial charge in [0.25, 0.3) is 0 Å². The molecule has 0 spiro atoms. The molecule has 0 fully saturated rings. The first-order valence-corrected chi connectivity index (χ1v) is 6.20. The van der Waals surface area contributed by atoms with Gasteiger partial charge < -0.3 is 10.4 Å². The molecule has 19 heavy (non-hydrogen) atoms. The van der Waals surface area contributed by atoms with E-state index in [1.54, 1.807) is 0 Å². The van der Waals surface area contributed by atoms with Crippen molar-refractivity contribution in [2.75, 3.05) is 0 Å². The first kappa shape index (κ1) is 15.5. The molecular weight excluding hydrogens is 258 g/mol. The molecule has 2 aromatic rings. The molecule has 0 aliphatic rings. The summed E-state index contributed by atoms with van der Waals surface area (Å²) in [5.74, 6) is 0.404. The van der Waals surface area contributed by atoms with E-state index in [1.807, 2.05) is 44.2 Å². The molecule has 0 aliphatic carbocycles. The van der Waals surface area contributed by atoms with Gasteiger partial charge in [0.15, 0.2) is 0 Å². The fourth-order valence-corrected chi connectivity index (χ4v) is 2.12. The minimum Gasteiger partial charge on any atom is -0.507 e. The molecule has 0 radical (unpaired) electrons. The Labute approximate surface area is 120 Å². The van der Waals surface area contributed by atoms with Crippen LogP contribution in [0, 0.1) is 13.8 Å². The van der Waals surface area contributed by atoms with Gasteiger partial charge in [0.1, 0.15) is 5.75 Å². The fourth-order valence-electron chi connectivity index (χ4n) is 2.12. The number of hydrogen-bond donors (Lipinski definition) is 2. The second kappa shape index (κ2) is 7.17. The van der Waals surface area contributed by atoms with E-state index in [9.17, 15) is 5.11 Å². The van der Waals surface area contributed by atoms with Crippen LogP contribution in [0.4, 0.5) is 0 Å². The molecule has 0 atom stereocenters. The van der Waals surface area contributed by atoms with Crippen LogP contribution in [0.2, 0.25) is 0 Å². The van der Waals surface area contributed by atoms with Crippen molar-refractivity contribution in [3.05, 3.63) is 64.7 Å². The lowest BCUT2D eigenvalue weighted by molar-refractivity contribution is 0.460. The average molecular weight is 278 g/mol. The monoisotopic (exact) mass is 277 g/mol. The first-order valence-electron chi connectivity index (χ1n) is 6.20. The lowest BCUT2D eigenvalue weighted by Crippen LogP contribution is -2.13. The smallest absolute Gasteiger partial charge is 0.122 e. The Hall–Kier alpha value is -1.51. The van der Waals surface area contributed by atoms with Crippen molar-refractivity contribution in [2.24, 2.45) is 0 Å². The summed E-state index contributed by atoms with van der Waals surface area (Å²) in [6.07, 6.45) is 0. The summed E-state index contributed by atoms with van der Waals surface area (Å²) in [5.41, 5.74) is 4.33. The Bertz CT molecular complexity index is 526. The van der Waals surface area contributed by atoms with Gasteiger partial charge in [0, 0.05) is 18.7 Å². The van der Waals surface area contributed by atoms with Gasteiger partial charge in [-0.15, -0.1) is 12.4 Å². The molecule has 0 saturated heterocycles. The van der Waals surface area contributed by atoms with E-state index in [0.29, 0.717) is 12.3 Å². The predicted molar refractivity (Wildman–Crippen MR) is 81.8 cm³/mol. The molecule has 0 bridgehead atoms. The Morgan fingerprint density at radius 2 is 1.68 bits per heavy atom. The highest BCUT2D eigenvalue weighted by atomic mass is 35.5. The minimum atomic E-state index is 0. The highest BCUT2D eigenvalue weighted by molar-refractivity contribution is 5.85. The van der Waals surface area contributed by atoms with Gasteiger partial charge >= 0.3 is 0 Å². The molecule has 2 N–H and O–H groups in total. The number of phenolic OH excluding ortho intramolecular Hbond substituents is 1. The van der Waals surface area contributed by atoms with Crippen LogP contribution in [-0.4, -0.2) is 5.11 Å². The van der Waals surface area contributed by atoms with Crippen molar-refractivity contribution in [1.29, 1.82) is 0 Å². The predicted octanol–water partition coefficient (Wildman–Crippen LogP) is 3.72. The number of aryl methyl sites for hydroxylation is 2. The highest BCUT2D eigenvalue weighted by Gasteiger charge is 2.05. The molecule has 3 heteroatoms. The molecule has 0 unspecified atom stereocenters. The summed E-state index contributed by atoms with van der Waals surface area (Å²) in [5, 5.41) is 13.3. The number of benzene rings is 2. The number of rotatable bonds is 4. The molecule has 0 aromatic heterocycles. The van der Waals surface area contributed by atoms with E-state index in [1.165, 1.54) is 11.1 Å². The third kappa shape index (κ3) is 4.27. The second-order valence-electron chi connectivity index (χ2n) is 4.68. The zero-order valence-electron chi connectivity index (χ0n) is 11.3. The van der Waals surface area contributed by atoms with Crippen LogP contribution in [-0.2, 0) is 13.1 Å². The van der Waals surface area contributed by atoms with Crippen LogP contribution in [0.25, 0.3) is 0 Å². The van der Waals surface area contributed by atoms with Crippen molar-refractivity contribution in [1.82, 2.24) is 5.32 Å². The van der Waals surface area contributed by atoms with Crippen molar-refractivity contribution >= 4 is 12.4 Å². The third-order valence-electron chi connectivity index (χ3n) is 3.01. The van der Waals surface area contributed by atoms with Crippen LogP contribution in [0.15, 0.2) is 42.5 Å². The summed E-state index contributed by atoms with van der Waals surface area (Å²) < 4.78 is 0. The molecule has 0 amide bonds. The molecule has 0 aliphatic heterocycles. The summed E-state index contributed by atoms with van der Waals surface area (Å²) in [6.45, 7) is 5.48. The Kier molecular flexibility index (Phi) is 5.87. The lowest BCUT2D eigenvalue weighted by Gasteiger charge is -2.10. The van der Waals surface area contributed by atoms with Crippen molar-refractivity contribution in [3.8, 4) is 5.75 Å². The van der Waals surface area contributed by atoms with Crippen LogP contribution < -0.4 is 5.32 Å². The quantitative estimate of drug-likeness (QED) is 0.893. The van der Waals surface area contributed by atoms with Gasteiger partial charge in [-0.3, -0.25) is 0 Å². The molecule has 2 aromatic carbocycles. The summed E-state index contributed by atoms with van der Waals surface area (Å²) in [7, 11) is 0. The Morgan fingerprint density at radius 1 is 1.00 bits per heavy atom. The van der Waals surface area contributed by atoms with E-state index in [-0.39, 0.29) is 12.4 Å². The van der Waals surface area contributed by atoms with Crippen LogP contribution in [0.5, 0.6) is 5.75 Å². The van der Waals surface area contributed by atoms with E-state index >= 15 is 0 Å². The first-order chi connectivity index (χ1) is 8.66. The van der Waals surface area contributed by atoms with E-state index in [2.05, 4.69) is 17.4 Å². The molecule has 2 nitrogen and oxygen atoms in total. The highest BCUT2D eigenvalue weighted by Crippen LogP contribution is 2.23. The number of aromatic hydroxyl groups is 1. The maximum atomic E-state index is 9.98. The van der Waals surface area contributed by atoms with Gasteiger partial charge in [0.05, 0.1) is 0 Å². The molecule has 102 valence electrons. The largest absolute Gasteiger partial charge is 0.507 e. The van der Waals surface area contributed by atoms with Gasteiger partial charge in [-0.25, -0.2) is 0 Å². The maximum Gasteiger partial charge on any atom is 0.122 e. The van der Waals surface area contributed by atoms with Gasteiger partial charge in [-0.2, -0.15) is 0 Å². The molecule has 0 heterocycles. The van der Waals surface area contributed by atoms with Gasteiger partial charge in [-0.1, -0.05) is 48.0 Å². The lowest BCUT2D eigenvalue weighted by atomic mass is 10.1. The minimum absolute atomic E-state index is 0. The van der Waals surface area contributed by atoms with Crippen LogP contribution >= 0.6 is 12.4 Å². The zero-order chi connectivity index (χ0) is 13.0. The fraction of sp³-hybridized carbons (Fsp3) is 0.250.